The van der Waals surface area contributed by atoms with Gasteiger partial charge in [0, 0.05) is 0 Å². The Hall–Kier alpha value is -0.315. The predicted octanol–water partition coefficient (Wildman–Crippen LogP) is 3.80. The molecule has 1 fully saturated rings. The summed E-state index contributed by atoms with van der Waals surface area (Å²) in [5.74, 6) is 2.07. The Morgan fingerprint density at radius 1 is 1.50 bits per heavy atom. The van der Waals surface area contributed by atoms with E-state index in [0.29, 0.717) is 18.6 Å². The average molecular weight is 531 g/mol. The van der Waals surface area contributed by atoms with E-state index in [9.17, 15) is 15.0 Å². The number of carbonyl (C=O) groups is 1. The standard InChI is InChI=1S/C21H28BBrO4S3/c1-13-18(23)10-16(30-13)5-3-15(24)4-6-17-14(11-22)9-19(25)21(17)29-8-2-7-28-12-20(26)27/h2,4,6,8,10-11,14-15,17,19,21-22,24-25H,3,5,7,9,12H2,1H3,(H,26,27)/b6-4+,8-2-/t14-,15-,17-,19?,21+/m0/s1. The van der Waals surface area contributed by atoms with Crippen molar-refractivity contribution in [1.82, 2.24) is 0 Å². The number of carboxylic acids is 1. The fourth-order valence-electron chi connectivity index (χ4n) is 3.44. The molecule has 1 aromatic heterocycles. The van der Waals surface area contributed by atoms with E-state index in [1.54, 1.807) is 23.1 Å². The number of aliphatic hydroxyl groups excluding tert-OH is 2. The number of rotatable bonds is 12. The maximum absolute atomic E-state index is 10.5. The zero-order valence-electron chi connectivity index (χ0n) is 16.9. The molecule has 1 aromatic rings. The van der Waals surface area contributed by atoms with Crippen LogP contribution in [0.25, 0.3) is 0 Å². The molecule has 0 radical (unpaired) electrons. The molecule has 3 N–H and O–H groups in total. The van der Waals surface area contributed by atoms with E-state index in [1.165, 1.54) is 21.5 Å². The molecule has 1 aliphatic rings. The third-order valence-electron chi connectivity index (χ3n) is 4.99. The monoisotopic (exact) mass is 530 g/mol. The molecule has 30 heavy (non-hydrogen) atoms. The molecule has 1 aliphatic carbocycles. The van der Waals surface area contributed by atoms with Gasteiger partial charge in [0.05, 0.1) is 0 Å². The topological polar surface area (TPSA) is 77.8 Å². The Kier molecular flexibility index (Phi) is 11.5. The van der Waals surface area contributed by atoms with Gasteiger partial charge in [-0.3, -0.25) is 0 Å². The van der Waals surface area contributed by atoms with Crippen molar-refractivity contribution in [2.75, 3.05) is 11.5 Å². The summed E-state index contributed by atoms with van der Waals surface area (Å²) in [6, 6.07) is 2.12. The Balaban J connectivity index is 1.89. The molecule has 4 nitrogen and oxygen atoms in total. The van der Waals surface area contributed by atoms with Crippen LogP contribution in [0.5, 0.6) is 0 Å². The molecule has 9 heteroatoms. The van der Waals surface area contributed by atoms with Crippen LogP contribution >= 0.6 is 50.8 Å². The summed E-state index contributed by atoms with van der Waals surface area (Å²) in [6.07, 6.45) is 7.02. The van der Waals surface area contributed by atoms with E-state index in [1.807, 2.05) is 29.6 Å². The van der Waals surface area contributed by atoms with E-state index in [-0.39, 0.29) is 22.8 Å². The molecule has 0 saturated heterocycles. The van der Waals surface area contributed by atoms with Gasteiger partial charge >= 0.3 is 201 Å². The van der Waals surface area contributed by atoms with Crippen LogP contribution in [0.2, 0.25) is 0 Å². The summed E-state index contributed by atoms with van der Waals surface area (Å²) in [4.78, 5) is 13.0. The number of thioether (sulfide) groups is 2. The number of hydrogen-bond donors (Lipinski definition) is 3. The van der Waals surface area contributed by atoms with E-state index in [2.05, 4.69) is 36.4 Å². The number of aryl methyl sites for hydroxylation is 2. The number of aliphatic hydroxyl groups is 2. The second-order valence-electron chi connectivity index (χ2n) is 7.27. The van der Waals surface area contributed by atoms with Crippen molar-refractivity contribution < 1.29 is 20.1 Å². The predicted molar refractivity (Wildman–Crippen MR) is 137 cm³/mol. The molecule has 0 amide bonds. The molecule has 0 spiro atoms. The zero-order valence-corrected chi connectivity index (χ0v) is 21.0. The molecule has 5 atom stereocenters. The number of allylic oxidation sites excluding steroid dienone is 1. The van der Waals surface area contributed by atoms with Crippen LogP contribution < -0.4 is 0 Å². The van der Waals surface area contributed by atoms with Gasteiger partial charge in [-0.15, -0.1) is 0 Å². The first kappa shape index (κ1) is 25.9. The fraction of sp³-hybridized carbons (Fsp3) is 0.524. The Labute approximate surface area is 200 Å². The molecular formula is C21H28BBrO4S3. The maximum atomic E-state index is 10.5. The van der Waals surface area contributed by atoms with Crippen LogP contribution in [0, 0.1) is 18.8 Å². The third kappa shape index (κ3) is 8.32. The average Bonchev–Trinajstić information content (AvgIpc) is 3.19. The normalized spacial score (nSPS) is 25.3. The van der Waals surface area contributed by atoms with Crippen molar-refractivity contribution in [3.05, 3.63) is 43.9 Å². The molecule has 0 aromatic carbocycles. The van der Waals surface area contributed by atoms with Gasteiger partial charge in [-0.25, -0.2) is 0 Å². The van der Waals surface area contributed by atoms with E-state index in [0.717, 1.165) is 10.9 Å². The number of aliphatic carboxylic acids is 1. The quantitative estimate of drug-likeness (QED) is 0.217. The molecule has 1 unspecified atom stereocenters. The van der Waals surface area contributed by atoms with Gasteiger partial charge in [0.15, 0.2) is 0 Å². The van der Waals surface area contributed by atoms with Gasteiger partial charge in [0.25, 0.3) is 0 Å². The zero-order chi connectivity index (χ0) is 22.1. The number of hydrogen-bond acceptors (Lipinski definition) is 6. The van der Waals surface area contributed by atoms with E-state index in [4.69, 9.17) is 5.11 Å². The summed E-state index contributed by atoms with van der Waals surface area (Å²) >= 11 is 8.19. The Morgan fingerprint density at radius 2 is 2.27 bits per heavy atom. The van der Waals surface area contributed by atoms with Gasteiger partial charge in [-0.2, -0.15) is 0 Å². The summed E-state index contributed by atoms with van der Waals surface area (Å²) in [6.45, 7) is 2.08. The van der Waals surface area contributed by atoms with Crippen LogP contribution in [0.15, 0.2) is 34.2 Å². The minimum absolute atomic E-state index is 0.00641. The van der Waals surface area contributed by atoms with Gasteiger partial charge in [0.2, 0.25) is 0 Å². The molecule has 1 saturated carbocycles. The van der Waals surface area contributed by atoms with Crippen LogP contribution in [0.4, 0.5) is 0 Å². The fourth-order valence-corrected chi connectivity index (χ4v) is 6.86. The first-order valence-corrected chi connectivity index (χ1v) is 13.5. The van der Waals surface area contributed by atoms with Crippen molar-refractivity contribution in [2.45, 2.75) is 43.6 Å². The van der Waals surface area contributed by atoms with Crippen molar-refractivity contribution in [1.29, 1.82) is 0 Å². The van der Waals surface area contributed by atoms with Crippen molar-refractivity contribution >= 4 is 70.2 Å². The summed E-state index contributed by atoms with van der Waals surface area (Å²) < 4.78 is 1.12. The Morgan fingerprint density at radius 3 is 2.90 bits per heavy atom. The third-order valence-corrected chi connectivity index (χ3v) is 9.36. The number of halogens is 1. The SMILES string of the molecule is B=C[C@@H]1CC(O)[C@H](S/C=C\CSCC(=O)O)[C@H]1/C=C/[C@@H](O)CCc1cc(Br)c(C)s1. The first-order chi connectivity index (χ1) is 14.3. The van der Waals surface area contributed by atoms with Gasteiger partial charge in [0.1, 0.15) is 0 Å². The second kappa shape index (κ2) is 13.3. The molecule has 164 valence electrons. The van der Waals surface area contributed by atoms with Gasteiger partial charge in [-0.1, -0.05) is 0 Å². The molecular weight excluding hydrogens is 503 g/mol. The molecule has 1 heterocycles. The number of thiophene rings is 1. The molecule has 0 bridgehead atoms. The summed E-state index contributed by atoms with van der Waals surface area (Å²) in [7, 11) is 3.92. The first-order valence-electron chi connectivity index (χ1n) is 9.83. The summed E-state index contributed by atoms with van der Waals surface area (Å²) in [5.41, 5.74) is 0. The minimum atomic E-state index is -0.813. The van der Waals surface area contributed by atoms with Gasteiger partial charge in [-0.05, 0) is 0 Å². The number of carboxylic acid groups (broad SMARTS) is 1. The molecule has 2 rings (SSSR count). The van der Waals surface area contributed by atoms with Crippen LogP contribution in [0.3, 0.4) is 0 Å². The van der Waals surface area contributed by atoms with Crippen molar-refractivity contribution in [2.24, 2.45) is 11.8 Å². The molecule has 0 aliphatic heterocycles. The van der Waals surface area contributed by atoms with Crippen LogP contribution in [-0.2, 0) is 11.2 Å². The van der Waals surface area contributed by atoms with Crippen LogP contribution in [0.1, 0.15) is 22.6 Å². The van der Waals surface area contributed by atoms with E-state index >= 15 is 0 Å². The van der Waals surface area contributed by atoms with E-state index < -0.39 is 18.2 Å². The second-order valence-corrected chi connectivity index (χ2v) is 11.6. The Bertz CT molecular complexity index is 748. The van der Waals surface area contributed by atoms with Crippen LogP contribution in [-0.4, -0.2) is 63.7 Å². The summed E-state index contributed by atoms with van der Waals surface area (Å²) in [5, 5.41) is 31.5. The van der Waals surface area contributed by atoms with Crippen molar-refractivity contribution in [3.8, 4) is 0 Å². The van der Waals surface area contributed by atoms with Gasteiger partial charge < -0.3 is 0 Å². The van der Waals surface area contributed by atoms with Crippen molar-refractivity contribution in [3.63, 3.8) is 0 Å².